The molecule has 0 fully saturated rings. The average molecular weight is 217 g/mol. The van der Waals surface area contributed by atoms with Gasteiger partial charge >= 0.3 is 0 Å². The van der Waals surface area contributed by atoms with E-state index < -0.39 is 0 Å². The first-order valence-electron chi connectivity index (χ1n) is 6.58. The van der Waals surface area contributed by atoms with Gasteiger partial charge in [-0.25, -0.2) is 0 Å². The molecule has 1 unspecified atom stereocenters. The maximum atomic E-state index is 3.71. The first-order chi connectivity index (χ1) is 7.77. The van der Waals surface area contributed by atoms with E-state index in [0.717, 1.165) is 12.5 Å². The van der Waals surface area contributed by atoms with Crippen molar-refractivity contribution in [2.75, 3.05) is 6.54 Å². The smallest absolute Gasteiger partial charge is 0.0323 e. The Labute approximate surface area is 99.3 Å². The van der Waals surface area contributed by atoms with E-state index in [0.29, 0.717) is 6.04 Å². The Bertz CT molecular complexity index is 330. The summed E-state index contributed by atoms with van der Waals surface area (Å²) in [5.41, 5.74) is 3.09. The van der Waals surface area contributed by atoms with Gasteiger partial charge in [-0.15, -0.1) is 0 Å². The van der Waals surface area contributed by atoms with E-state index in [2.05, 4.69) is 43.4 Å². The van der Waals surface area contributed by atoms with Gasteiger partial charge < -0.3 is 5.32 Å². The van der Waals surface area contributed by atoms with Crippen LogP contribution in [0.25, 0.3) is 0 Å². The van der Waals surface area contributed by atoms with Crippen LogP contribution in [0.2, 0.25) is 0 Å². The van der Waals surface area contributed by atoms with Gasteiger partial charge in [0.05, 0.1) is 0 Å². The van der Waals surface area contributed by atoms with Crippen LogP contribution in [-0.2, 0) is 6.42 Å². The lowest BCUT2D eigenvalue weighted by Gasteiger charge is -2.26. The summed E-state index contributed by atoms with van der Waals surface area (Å²) in [6.45, 7) is 5.73. The van der Waals surface area contributed by atoms with E-state index in [1.54, 1.807) is 5.56 Å². The van der Waals surface area contributed by atoms with Gasteiger partial charge in [0.15, 0.2) is 0 Å². The standard InChI is InChI=1S/C15H23N/c1-12(2)10-11-16-15-9-5-7-13-6-3-4-8-14(13)15/h3-4,6,8,12,15-16H,5,7,9-11H2,1-2H3. The van der Waals surface area contributed by atoms with Crippen LogP contribution in [0, 0.1) is 5.92 Å². The molecular formula is C15H23N. The molecule has 1 N–H and O–H groups in total. The highest BCUT2D eigenvalue weighted by molar-refractivity contribution is 5.32. The molecule has 1 aromatic carbocycles. The lowest BCUT2D eigenvalue weighted by atomic mass is 9.87. The summed E-state index contributed by atoms with van der Waals surface area (Å²) in [6.07, 6.45) is 5.17. The number of hydrogen-bond acceptors (Lipinski definition) is 1. The van der Waals surface area contributed by atoms with Gasteiger partial charge in [-0.3, -0.25) is 0 Å². The molecule has 1 nitrogen and oxygen atoms in total. The van der Waals surface area contributed by atoms with Crippen molar-refractivity contribution in [1.29, 1.82) is 0 Å². The van der Waals surface area contributed by atoms with Gasteiger partial charge in [0.1, 0.15) is 0 Å². The molecular weight excluding hydrogens is 194 g/mol. The first-order valence-corrected chi connectivity index (χ1v) is 6.58. The molecule has 0 heterocycles. The topological polar surface area (TPSA) is 12.0 Å². The van der Waals surface area contributed by atoms with E-state index in [1.165, 1.54) is 31.2 Å². The monoisotopic (exact) mass is 217 g/mol. The quantitative estimate of drug-likeness (QED) is 0.811. The maximum absolute atomic E-state index is 3.71. The van der Waals surface area contributed by atoms with E-state index in [4.69, 9.17) is 0 Å². The molecule has 0 amide bonds. The molecule has 1 atom stereocenters. The number of rotatable bonds is 4. The Morgan fingerprint density at radius 3 is 2.94 bits per heavy atom. The zero-order valence-electron chi connectivity index (χ0n) is 10.5. The molecule has 0 radical (unpaired) electrons. The number of aryl methyl sites for hydroxylation is 1. The van der Waals surface area contributed by atoms with E-state index in [-0.39, 0.29) is 0 Å². The van der Waals surface area contributed by atoms with Crippen LogP contribution >= 0.6 is 0 Å². The van der Waals surface area contributed by atoms with E-state index in [1.807, 2.05) is 0 Å². The lowest BCUT2D eigenvalue weighted by molar-refractivity contribution is 0.433. The molecule has 16 heavy (non-hydrogen) atoms. The number of nitrogens with one attached hydrogen (secondary N) is 1. The minimum atomic E-state index is 0.601. The van der Waals surface area contributed by atoms with Crippen LogP contribution in [0.3, 0.4) is 0 Å². The van der Waals surface area contributed by atoms with E-state index in [9.17, 15) is 0 Å². The van der Waals surface area contributed by atoms with Crippen molar-refractivity contribution in [2.24, 2.45) is 5.92 Å². The van der Waals surface area contributed by atoms with Crippen molar-refractivity contribution in [3.8, 4) is 0 Å². The van der Waals surface area contributed by atoms with Crippen LogP contribution in [0.1, 0.15) is 50.3 Å². The second-order valence-electron chi connectivity index (χ2n) is 5.28. The van der Waals surface area contributed by atoms with Crippen molar-refractivity contribution in [3.63, 3.8) is 0 Å². The minimum absolute atomic E-state index is 0.601. The second-order valence-corrected chi connectivity index (χ2v) is 5.28. The van der Waals surface area contributed by atoms with E-state index >= 15 is 0 Å². The third-order valence-electron chi connectivity index (χ3n) is 3.48. The number of fused-ring (bicyclic) bond motifs is 1. The van der Waals surface area contributed by atoms with Crippen LogP contribution in [-0.4, -0.2) is 6.54 Å². The number of hydrogen-bond donors (Lipinski definition) is 1. The molecule has 0 aromatic heterocycles. The highest BCUT2D eigenvalue weighted by Gasteiger charge is 2.18. The van der Waals surface area contributed by atoms with Gasteiger partial charge in [-0.2, -0.15) is 0 Å². The summed E-state index contributed by atoms with van der Waals surface area (Å²) in [5, 5.41) is 3.71. The zero-order valence-corrected chi connectivity index (χ0v) is 10.5. The molecule has 1 aliphatic rings. The van der Waals surface area contributed by atoms with Crippen molar-refractivity contribution >= 4 is 0 Å². The van der Waals surface area contributed by atoms with Crippen LogP contribution in [0.15, 0.2) is 24.3 Å². The SMILES string of the molecule is CC(C)CCNC1CCCc2ccccc21. The van der Waals surface area contributed by atoms with Gasteiger partial charge in [0, 0.05) is 6.04 Å². The molecule has 0 saturated heterocycles. The summed E-state index contributed by atoms with van der Waals surface area (Å²) in [6, 6.07) is 9.51. The van der Waals surface area contributed by atoms with Crippen molar-refractivity contribution in [2.45, 2.75) is 45.6 Å². The predicted molar refractivity (Wildman–Crippen MR) is 69.6 cm³/mol. The van der Waals surface area contributed by atoms with Gasteiger partial charge in [-0.1, -0.05) is 38.1 Å². The summed E-state index contributed by atoms with van der Waals surface area (Å²) in [4.78, 5) is 0. The minimum Gasteiger partial charge on any atom is -0.310 e. The fourth-order valence-electron chi connectivity index (χ4n) is 2.51. The van der Waals surface area contributed by atoms with Crippen LogP contribution < -0.4 is 5.32 Å². The Morgan fingerprint density at radius 2 is 2.12 bits per heavy atom. The summed E-state index contributed by atoms with van der Waals surface area (Å²) in [7, 11) is 0. The molecule has 1 heteroatoms. The largest absolute Gasteiger partial charge is 0.310 e. The second kappa shape index (κ2) is 5.49. The van der Waals surface area contributed by atoms with Crippen LogP contribution in [0.5, 0.6) is 0 Å². The van der Waals surface area contributed by atoms with Crippen LogP contribution in [0.4, 0.5) is 0 Å². The fraction of sp³-hybridized carbons (Fsp3) is 0.600. The highest BCUT2D eigenvalue weighted by atomic mass is 14.9. The van der Waals surface area contributed by atoms with Crippen molar-refractivity contribution in [3.05, 3.63) is 35.4 Å². The van der Waals surface area contributed by atoms with Gasteiger partial charge in [0.25, 0.3) is 0 Å². The van der Waals surface area contributed by atoms with Crippen molar-refractivity contribution < 1.29 is 0 Å². The number of benzene rings is 1. The summed E-state index contributed by atoms with van der Waals surface area (Å²) in [5.74, 6) is 0.798. The summed E-state index contributed by atoms with van der Waals surface area (Å²) >= 11 is 0. The Kier molecular flexibility index (Phi) is 4.00. The Hall–Kier alpha value is -0.820. The molecule has 0 aliphatic heterocycles. The molecule has 2 rings (SSSR count). The first kappa shape index (κ1) is 11.7. The Balaban J connectivity index is 1.96. The summed E-state index contributed by atoms with van der Waals surface area (Å²) < 4.78 is 0. The third-order valence-corrected chi connectivity index (χ3v) is 3.48. The average Bonchev–Trinajstić information content (AvgIpc) is 2.29. The molecule has 0 saturated carbocycles. The molecule has 88 valence electrons. The maximum Gasteiger partial charge on any atom is 0.0323 e. The third kappa shape index (κ3) is 2.85. The Morgan fingerprint density at radius 1 is 1.31 bits per heavy atom. The lowest BCUT2D eigenvalue weighted by Crippen LogP contribution is -2.26. The highest BCUT2D eigenvalue weighted by Crippen LogP contribution is 2.29. The molecule has 1 aliphatic carbocycles. The fourth-order valence-corrected chi connectivity index (χ4v) is 2.51. The normalized spacial score (nSPS) is 19.8. The van der Waals surface area contributed by atoms with Gasteiger partial charge in [0.2, 0.25) is 0 Å². The predicted octanol–water partition coefficient (Wildman–Crippen LogP) is 3.70. The van der Waals surface area contributed by atoms with Gasteiger partial charge in [-0.05, 0) is 49.3 Å². The molecule has 0 spiro atoms. The molecule has 0 bridgehead atoms. The molecule has 1 aromatic rings. The zero-order chi connectivity index (χ0) is 11.4. The van der Waals surface area contributed by atoms with Crippen molar-refractivity contribution in [1.82, 2.24) is 5.32 Å².